The molecule has 0 saturated carbocycles. The van der Waals surface area contributed by atoms with Gasteiger partial charge in [0.2, 0.25) is 0 Å². The lowest BCUT2D eigenvalue weighted by Gasteiger charge is -2.29. The van der Waals surface area contributed by atoms with E-state index in [1.54, 1.807) is 11.6 Å². The average molecular weight is 304 g/mol. The first-order chi connectivity index (χ1) is 10.1. The highest BCUT2D eigenvalue weighted by molar-refractivity contribution is 7.07. The highest BCUT2D eigenvalue weighted by atomic mass is 32.1. The molecule has 0 radical (unpaired) electrons. The zero-order chi connectivity index (χ0) is 14.8. The number of thiazole rings is 1. The summed E-state index contributed by atoms with van der Waals surface area (Å²) in [5, 5.41) is 10.7. The van der Waals surface area contributed by atoms with Gasteiger partial charge in [0.1, 0.15) is 5.75 Å². The van der Waals surface area contributed by atoms with Gasteiger partial charge >= 0.3 is 5.97 Å². The number of aliphatic carboxylic acids is 1. The normalized spacial score (nSPS) is 13.7. The number of aromatic nitrogens is 1. The van der Waals surface area contributed by atoms with E-state index < -0.39 is 5.97 Å². The Morgan fingerprint density at radius 1 is 1.48 bits per heavy atom. The van der Waals surface area contributed by atoms with Crippen molar-refractivity contribution in [2.45, 2.75) is 6.42 Å². The molecule has 108 valence electrons. The van der Waals surface area contributed by atoms with Crippen molar-refractivity contribution in [3.05, 3.63) is 29.1 Å². The van der Waals surface area contributed by atoms with E-state index in [-0.39, 0.29) is 25.5 Å². The number of carbonyl (C=O) groups is 2. The molecule has 0 saturated heterocycles. The van der Waals surface area contributed by atoms with Crippen molar-refractivity contribution in [2.75, 3.05) is 18.1 Å². The number of hydrogen-bond donors (Lipinski definition) is 1. The quantitative estimate of drug-likeness (QED) is 0.934. The maximum absolute atomic E-state index is 12.0. The Bertz CT molecular complexity index is 684. The van der Waals surface area contributed by atoms with Gasteiger partial charge in [-0.1, -0.05) is 0 Å². The Labute approximate surface area is 124 Å². The topological polar surface area (TPSA) is 79.7 Å². The fourth-order valence-corrected chi connectivity index (χ4v) is 2.73. The van der Waals surface area contributed by atoms with Gasteiger partial charge in [0, 0.05) is 17.5 Å². The number of anilines is 1. The van der Waals surface area contributed by atoms with Crippen LogP contribution in [0.3, 0.4) is 0 Å². The lowest BCUT2D eigenvalue weighted by Crippen LogP contribution is -2.40. The molecule has 0 aliphatic carbocycles. The number of amides is 1. The molecule has 1 aliphatic rings. The molecule has 2 aromatic rings. The minimum Gasteiger partial charge on any atom is -0.482 e. The summed E-state index contributed by atoms with van der Waals surface area (Å²) in [5.74, 6) is -0.593. The second kappa shape index (κ2) is 5.53. The van der Waals surface area contributed by atoms with Gasteiger partial charge < -0.3 is 14.7 Å². The van der Waals surface area contributed by atoms with E-state index in [0.29, 0.717) is 11.4 Å². The molecular weight excluding hydrogens is 292 g/mol. The van der Waals surface area contributed by atoms with Crippen molar-refractivity contribution in [1.82, 2.24) is 4.98 Å². The summed E-state index contributed by atoms with van der Waals surface area (Å²) in [7, 11) is 0. The Balaban J connectivity index is 1.96. The number of carboxylic acid groups (broad SMARTS) is 1. The highest BCUT2D eigenvalue weighted by Crippen LogP contribution is 2.36. The molecular formula is C14H12N2O4S. The van der Waals surface area contributed by atoms with Crippen LogP contribution in [0.25, 0.3) is 11.3 Å². The highest BCUT2D eigenvalue weighted by Gasteiger charge is 2.26. The number of rotatable bonds is 4. The summed E-state index contributed by atoms with van der Waals surface area (Å²) in [6, 6.07) is 5.46. The molecule has 7 heteroatoms. The predicted molar refractivity (Wildman–Crippen MR) is 77.7 cm³/mol. The largest absolute Gasteiger partial charge is 0.482 e. The van der Waals surface area contributed by atoms with Gasteiger partial charge in [-0.3, -0.25) is 9.59 Å². The third-order valence-corrected chi connectivity index (χ3v) is 3.77. The van der Waals surface area contributed by atoms with Crippen molar-refractivity contribution in [3.8, 4) is 17.0 Å². The van der Waals surface area contributed by atoms with Crippen LogP contribution in [-0.4, -0.2) is 35.1 Å². The Morgan fingerprint density at radius 2 is 2.33 bits per heavy atom. The van der Waals surface area contributed by atoms with Gasteiger partial charge in [0.15, 0.2) is 6.61 Å². The lowest BCUT2D eigenvalue weighted by molar-refractivity contribution is -0.136. The molecule has 0 bridgehead atoms. The average Bonchev–Trinajstić information content (AvgIpc) is 2.99. The van der Waals surface area contributed by atoms with E-state index in [4.69, 9.17) is 9.84 Å². The zero-order valence-electron chi connectivity index (χ0n) is 11.0. The van der Waals surface area contributed by atoms with E-state index in [9.17, 15) is 9.59 Å². The first-order valence-electron chi connectivity index (χ1n) is 6.33. The fraction of sp³-hybridized carbons (Fsp3) is 0.214. The van der Waals surface area contributed by atoms with Gasteiger partial charge in [0.25, 0.3) is 5.91 Å². The maximum Gasteiger partial charge on any atom is 0.305 e. The second-order valence-corrected chi connectivity index (χ2v) is 5.25. The molecule has 3 rings (SSSR count). The van der Waals surface area contributed by atoms with E-state index in [1.165, 1.54) is 16.2 Å². The summed E-state index contributed by atoms with van der Waals surface area (Å²) in [6.45, 7) is 0.0632. The Hall–Kier alpha value is -2.41. The third kappa shape index (κ3) is 2.73. The number of nitrogens with zero attached hydrogens (tertiary/aromatic N) is 2. The van der Waals surface area contributed by atoms with Crippen LogP contribution in [0.2, 0.25) is 0 Å². The maximum atomic E-state index is 12.0. The number of hydrogen-bond acceptors (Lipinski definition) is 5. The van der Waals surface area contributed by atoms with Crippen molar-refractivity contribution in [3.63, 3.8) is 0 Å². The first kappa shape index (κ1) is 13.6. The summed E-state index contributed by atoms with van der Waals surface area (Å²) in [4.78, 5) is 28.4. The molecule has 6 nitrogen and oxygen atoms in total. The summed E-state index contributed by atoms with van der Waals surface area (Å²) in [6.07, 6.45) is -0.105. The van der Waals surface area contributed by atoms with Crippen LogP contribution in [0.5, 0.6) is 5.75 Å². The molecule has 1 aliphatic heterocycles. The molecule has 0 atom stereocenters. The van der Waals surface area contributed by atoms with E-state index >= 15 is 0 Å². The number of carboxylic acids is 1. The number of benzene rings is 1. The molecule has 21 heavy (non-hydrogen) atoms. The van der Waals surface area contributed by atoms with Gasteiger partial charge in [-0.25, -0.2) is 4.98 Å². The minimum absolute atomic E-state index is 0.0668. The molecule has 2 heterocycles. The van der Waals surface area contributed by atoms with Crippen molar-refractivity contribution >= 4 is 28.9 Å². The lowest BCUT2D eigenvalue weighted by atomic mass is 10.1. The molecule has 1 aromatic heterocycles. The van der Waals surface area contributed by atoms with Gasteiger partial charge in [-0.2, -0.15) is 0 Å². The van der Waals surface area contributed by atoms with Gasteiger partial charge in [-0.15, -0.1) is 11.3 Å². The van der Waals surface area contributed by atoms with Crippen LogP contribution in [0.15, 0.2) is 29.1 Å². The van der Waals surface area contributed by atoms with Crippen LogP contribution in [-0.2, 0) is 9.59 Å². The third-order valence-electron chi connectivity index (χ3n) is 3.18. The SMILES string of the molecule is O=C(O)CCN1C(=O)COc2ccc(-c3cscn3)cc21. The van der Waals surface area contributed by atoms with Gasteiger partial charge in [-0.05, 0) is 18.2 Å². The number of fused-ring (bicyclic) bond motifs is 1. The zero-order valence-corrected chi connectivity index (χ0v) is 11.8. The van der Waals surface area contributed by atoms with Crippen LogP contribution in [0, 0.1) is 0 Å². The van der Waals surface area contributed by atoms with Crippen molar-refractivity contribution < 1.29 is 19.4 Å². The number of carbonyl (C=O) groups excluding carboxylic acids is 1. The van der Waals surface area contributed by atoms with Crippen molar-refractivity contribution in [2.24, 2.45) is 0 Å². The smallest absolute Gasteiger partial charge is 0.305 e. The van der Waals surface area contributed by atoms with Gasteiger partial charge in [0.05, 0.1) is 23.3 Å². The Morgan fingerprint density at radius 3 is 3.05 bits per heavy atom. The monoisotopic (exact) mass is 304 g/mol. The van der Waals surface area contributed by atoms with Crippen LogP contribution >= 0.6 is 11.3 Å². The number of ether oxygens (including phenoxy) is 1. The molecule has 0 unspecified atom stereocenters. The van der Waals surface area contributed by atoms with Crippen LogP contribution < -0.4 is 9.64 Å². The standard InChI is InChI=1S/C14H12N2O4S/c17-13-6-20-12-2-1-9(10-7-21-8-15-10)5-11(12)16(13)4-3-14(18)19/h1-2,5,7-8H,3-4,6H2,(H,18,19). The predicted octanol–water partition coefficient (Wildman–Crippen LogP) is 2.01. The molecule has 0 spiro atoms. The Kier molecular flexibility index (Phi) is 3.57. The van der Waals surface area contributed by atoms with E-state index in [1.807, 2.05) is 17.5 Å². The molecule has 1 aromatic carbocycles. The van der Waals surface area contributed by atoms with Crippen LogP contribution in [0.4, 0.5) is 5.69 Å². The molecule has 1 amide bonds. The van der Waals surface area contributed by atoms with E-state index in [2.05, 4.69) is 4.98 Å². The molecule has 0 fully saturated rings. The summed E-state index contributed by atoms with van der Waals surface area (Å²) in [5.41, 5.74) is 4.02. The van der Waals surface area contributed by atoms with E-state index in [0.717, 1.165) is 11.3 Å². The summed E-state index contributed by atoms with van der Waals surface area (Å²) < 4.78 is 5.39. The second-order valence-electron chi connectivity index (χ2n) is 4.53. The molecule has 1 N–H and O–H groups in total. The summed E-state index contributed by atoms with van der Waals surface area (Å²) >= 11 is 1.49. The minimum atomic E-state index is -0.938. The van der Waals surface area contributed by atoms with Crippen molar-refractivity contribution in [1.29, 1.82) is 0 Å². The fourth-order valence-electron chi connectivity index (χ4n) is 2.17. The van der Waals surface area contributed by atoms with Crippen LogP contribution in [0.1, 0.15) is 6.42 Å². The first-order valence-corrected chi connectivity index (χ1v) is 7.27.